The zero-order valence-corrected chi connectivity index (χ0v) is 7.75. The summed E-state index contributed by atoms with van der Waals surface area (Å²) in [5.74, 6) is 0.0573. The maximum absolute atomic E-state index is 11.2. The zero-order valence-electron chi connectivity index (χ0n) is 7.75. The van der Waals surface area contributed by atoms with Crippen LogP contribution >= 0.6 is 0 Å². The molecular weight excluding hydrogens is 150 g/mol. The second-order valence-electron chi connectivity index (χ2n) is 3.45. The normalized spacial score (nSPS) is 18.8. The van der Waals surface area contributed by atoms with Crippen LogP contribution in [0.1, 0.15) is 32.1 Å². The van der Waals surface area contributed by atoms with Crippen molar-refractivity contribution in [3.8, 4) is 0 Å². The van der Waals surface area contributed by atoms with E-state index in [1.807, 2.05) is 11.9 Å². The third kappa shape index (κ3) is 2.10. The minimum Gasteiger partial charge on any atom is -0.339 e. The van der Waals surface area contributed by atoms with Crippen molar-refractivity contribution >= 4 is 5.91 Å². The number of rotatable bonds is 2. The summed E-state index contributed by atoms with van der Waals surface area (Å²) in [6.07, 6.45) is 7.58. The lowest BCUT2D eigenvalue weighted by atomic mass is 9.94. The fourth-order valence-electron chi connectivity index (χ4n) is 1.79. The van der Waals surface area contributed by atoms with E-state index in [4.69, 9.17) is 0 Å². The highest BCUT2D eigenvalue weighted by molar-refractivity contribution is 5.86. The summed E-state index contributed by atoms with van der Waals surface area (Å²) in [6, 6.07) is 0.462. The van der Waals surface area contributed by atoms with Gasteiger partial charge in [-0.1, -0.05) is 25.8 Å². The summed E-state index contributed by atoms with van der Waals surface area (Å²) in [4.78, 5) is 13.0. The van der Waals surface area contributed by atoms with Crippen molar-refractivity contribution in [1.82, 2.24) is 4.90 Å². The van der Waals surface area contributed by atoms with Crippen LogP contribution in [0.15, 0.2) is 12.7 Å². The molecule has 1 saturated carbocycles. The summed E-state index contributed by atoms with van der Waals surface area (Å²) in [6.45, 7) is 3.49. The lowest BCUT2D eigenvalue weighted by Gasteiger charge is -2.30. The van der Waals surface area contributed by atoms with Crippen LogP contribution in [0.3, 0.4) is 0 Å². The molecule has 1 rings (SSSR count). The van der Waals surface area contributed by atoms with Gasteiger partial charge in [0, 0.05) is 13.1 Å². The minimum atomic E-state index is 0.0573. The Morgan fingerprint density at radius 1 is 1.42 bits per heavy atom. The van der Waals surface area contributed by atoms with Crippen molar-refractivity contribution in [3.63, 3.8) is 0 Å². The molecule has 0 atom stereocenters. The van der Waals surface area contributed by atoms with Crippen molar-refractivity contribution in [2.45, 2.75) is 38.1 Å². The number of hydrogen-bond donors (Lipinski definition) is 0. The van der Waals surface area contributed by atoms with Crippen LogP contribution in [-0.2, 0) is 4.79 Å². The summed E-state index contributed by atoms with van der Waals surface area (Å²) < 4.78 is 0. The average Bonchev–Trinajstić information content (AvgIpc) is 2.17. The van der Waals surface area contributed by atoms with Gasteiger partial charge < -0.3 is 4.90 Å². The molecule has 1 aliphatic rings. The molecular formula is C10H17NO. The first kappa shape index (κ1) is 9.30. The van der Waals surface area contributed by atoms with E-state index in [1.54, 1.807) is 0 Å². The fourth-order valence-corrected chi connectivity index (χ4v) is 1.79. The Morgan fingerprint density at radius 3 is 2.50 bits per heavy atom. The minimum absolute atomic E-state index is 0.0573. The third-order valence-electron chi connectivity index (χ3n) is 2.64. The molecule has 0 N–H and O–H groups in total. The monoisotopic (exact) mass is 167 g/mol. The molecule has 1 fully saturated rings. The fraction of sp³-hybridized carbons (Fsp3) is 0.700. The topological polar surface area (TPSA) is 20.3 Å². The maximum atomic E-state index is 11.2. The molecule has 0 aromatic carbocycles. The largest absolute Gasteiger partial charge is 0.339 e. The van der Waals surface area contributed by atoms with Crippen molar-refractivity contribution < 1.29 is 4.79 Å². The van der Waals surface area contributed by atoms with Crippen molar-refractivity contribution in [3.05, 3.63) is 12.7 Å². The Balaban J connectivity index is 2.44. The molecule has 2 nitrogen and oxygen atoms in total. The van der Waals surface area contributed by atoms with Gasteiger partial charge in [0.25, 0.3) is 0 Å². The number of carbonyl (C=O) groups is 1. The van der Waals surface area contributed by atoms with Gasteiger partial charge in [-0.25, -0.2) is 0 Å². The number of nitrogens with zero attached hydrogens (tertiary/aromatic N) is 1. The molecule has 0 bridgehead atoms. The number of carbonyl (C=O) groups excluding carboxylic acids is 1. The summed E-state index contributed by atoms with van der Waals surface area (Å²) >= 11 is 0. The summed E-state index contributed by atoms with van der Waals surface area (Å²) in [7, 11) is 1.88. The Hall–Kier alpha value is -0.790. The molecule has 0 aliphatic heterocycles. The zero-order chi connectivity index (χ0) is 8.97. The molecule has 2 heteroatoms. The van der Waals surface area contributed by atoms with Gasteiger partial charge in [0.2, 0.25) is 5.91 Å². The first-order chi connectivity index (χ1) is 5.75. The van der Waals surface area contributed by atoms with E-state index in [-0.39, 0.29) is 5.91 Å². The molecule has 0 radical (unpaired) electrons. The first-order valence-corrected chi connectivity index (χ1v) is 4.65. The average molecular weight is 167 g/mol. The molecule has 0 spiro atoms. The molecule has 12 heavy (non-hydrogen) atoms. The summed E-state index contributed by atoms with van der Waals surface area (Å²) in [5, 5.41) is 0. The molecule has 0 unspecified atom stereocenters. The van der Waals surface area contributed by atoms with Crippen LogP contribution in [-0.4, -0.2) is 23.9 Å². The Bertz CT molecular complexity index is 171. The van der Waals surface area contributed by atoms with E-state index in [1.165, 1.54) is 25.3 Å². The van der Waals surface area contributed by atoms with Gasteiger partial charge in [0.15, 0.2) is 0 Å². The van der Waals surface area contributed by atoms with Crippen LogP contribution in [0, 0.1) is 0 Å². The Morgan fingerprint density at radius 2 is 2.00 bits per heavy atom. The van der Waals surface area contributed by atoms with E-state index >= 15 is 0 Å². The highest BCUT2D eigenvalue weighted by Gasteiger charge is 2.19. The molecule has 0 aromatic heterocycles. The van der Waals surface area contributed by atoms with Gasteiger partial charge in [0.1, 0.15) is 0 Å². The summed E-state index contributed by atoms with van der Waals surface area (Å²) in [5.41, 5.74) is 0. The van der Waals surface area contributed by atoms with Gasteiger partial charge in [-0.05, 0) is 18.9 Å². The first-order valence-electron chi connectivity index (χ1n) is 4.65. The molecule has 0 saturated heterocycles. The second kappa shape index (κ2) is 4.29. The van der Waals surface area contributed by atoms with Crippen molar-refractivity contribution in [2.24, 2.45) is 0 Å². The van der Waals surface area contributed by atoms with Crippen LogP contribution in [0.4, 0.5) is 0 Å². The highest BCUT2D eigenvalue weighted by atomic mass is 16.2. The molecule has 1 aliphatic carbocycles. The van der Waals surface area contributed by atoms with Crippen LogP contribution in [0.2, 0.25) is 0 Å². The lowest BCUT2D eigenvalue weighted by Crippen LogP contribution is -2.37. The van der Waals surface area contributed by atoms with Crippen LogP contribution < -0.4 is 0 Å². The van der Waals surface area contributed by atoms with E-state index in [2.05, 4.69) is 6.58 Å². The van der Waals surface area contributed by atoms with E-state index in [0.29, 0.717) is 6.04 Å². The predicted molar refractivity (Wildman–Crippen MR) is 49.8 cm³/mol. The number of likely N-dealkylation sites (N-methyl/N-ethyl adjacent to an activating group) is 1. The van der Waals surface area contributed by atoms with E-state index in [0.717, 1.165) is 12.8 Å². The van der Waals surface area contributed by atoms with Gasteiger partial charge in [0.05, 0.1) is 0 Å². The lowest BCUT2D eigenvalue weighted by molar-refractivity contribution is -0.127. The van der Waals surface area contributed by atoms with E-state index < -0.39 is 0 Å². The van der Waals surface area contributed by atoms with Gasteiger partial charge in [-0.3, -0.25) is 4.79 Å². The number of hydrogen-bond acceptors (Lipinski definition) is 1. The standard InChI is InChI=1S/C10H17NO/c1-3-10(12)11(2)9-7-5-4-6-8-9/h3,9H,1,4-8H2,2H3. The second-order valence-corrected chi connectivity index (χ2v) is 3.45. The van der Waals surface area contributed by atoms with Gasteiger partial charge in [-0.2, -0.15) is 0 Å². The van der Waals surface area contributed by atoms with Gasteiger partial charge in [-0.15, -0.1) is 0 Å². The van der Waals surface area contributed by atoms with Crippen molar-refractivity contribution in [2.75, 3.05) is 7.05 Å². The van der Waals surface area contributed by atoms with Crippen LogP contribution in [0.25, 0.3) is 0 Å². The molecule has 68 valence electrons. The smallest absolute Gasteiger partial charge is 0.245 e. The van der Waals surface area contributed by atoms with E-state index in [9.17, 15) is 4.79 Å². The quantitative estimate of drug-likeness (QED) is 0.576. The predicted octanol–water partition coefficient (Wildman–Crippen LogP) is 1.96. The molecule has 1 amide bonds. The Labute approximate surface area is 74.2 Å². The molecule has 0 aromatic rings. The van der Waals surface area contributed by atoms with Crippen molar-refractivity contribution in [1.29, 1.82) is 0 Å². The third-order valence-corrected chi connectivity index (χ3v) is 2.64. The Kier molecular flexibility index (Phi) is 3.32. The maximum Gasteiger partial charge on any atom is 0.245 e. The highest BCUT2D eigenvalue weighted by Crippen LogP contribution is 2.21. The van der Waals surface area contributed by atoms with Gasteiger partial charge >= 0.3 is 0 Å². The van der Waals surface area contributed by atoms with Crippen LogP contribution in [0.5, 0.6) is 0 Å². The number of amides is 1. The molecule has 0 heterocycles. The SMILES string of the molecule is C=CC(=O)N(C)C1CCCCC1.